The van der Waals surface area contributed by atoms with Gasteiger partial charge < -0.3 is 5.11 Å². The van der Waals surface area contributed by atoms with Crippen LogP contribution in [0.1, 0.15) is 0 Å². The second-order valence-corrected chi connectivity index (χ2v) is 4.09. The first-order chi connectivity index (χ1) is 5.70. The average Bonchev–Trinajstić information content (AvgIpc) is 2.41. The first-order valence-electron chi connectivity index (χ1n) is 3.24. The van der Waals surface area contributed by atoms with Crippen LogP contribution in [0.2, 0.25) is 0 Å². The number of fused-ring (bicyclic) bond motifs is 1. The molecule has 2 rings (SSSR count). The Hall–Kier alpha value is -0.610. The van der Waals surface area contributed by atoms with Crippen LogP contribution in [-0.4, -0.2) is 5.11 Å². The lowest BCUT2D eigenvalue weighted by molar-refractivity contribution is 0.439. The highest BCUT2D eigenvalue weighted by atomic mass is 79.9. The number of benzene rings is 1. The highest BCUT2D eigenvalue weighted by Gasteiger charge is 2.09. The number of phenols is 1. The summed E-state index contributed by atoms with van der Waals surface area (Å²) in [6, 6.07) is 2.90. The van der Waals surface area contributed by atoms with Gasteiger partial charge in [0.2, 0.25) is 0 Å². The molecule has 0 radical (unpaired) electrons. The molecule has 0 saturated heterocycles. The molecule has 0 fully saturated rings. The fraction of sp³-hybridized carbons (Fsp3) is 0. The molecular weight excluding hydrogens is 243 g/mol. The maximum Gasteiger partial charge on any atom is 0.169 e. The fourth-order valence-electron chi connectivity index (χ4n) is 1.03. The Labute approximate surface area is 80.6 Å². The quantitative estimate of drug-likeness (QED) is 0.755. The Kier molecular flexibility index (Phi) is 1.81. The van der Waals surface area contributed by atoms with Crippen molar-refractivity contribution >= 4 is 37.4 Å². The van der Waals surface area contributed by atoms with Crippen LogP contribution in [0.4, 0.5) is 4.39 Å². The zero-order valence-corrected chi connectivity index (χ0v) is 8.25. The Morgan fingerprint density at radius 2 is 2.17 bits per heavy atom. The Balaban J connectivity index is 2.93. The molecule has 1 N–H and O–H groups in total. The van der Waals surface area contributed by atoms with E-state index in [1.54, 1.807) is 6.07 Å². The molecule has 2 aromatic rings. The van der Waals surface area contributed by atoms with E-state index in [1.165, 1.54) is 17.4 Å². The number of aromatic hydroxyl groups is 1. The van der Waals surface area contributed by atoms with Crippen LogP contribution in [-0.2, 0) is 0 Å². The highest BCUT2D eigenvalue weighted by molar-refractivity contribution is 9.10. The van der Waals surface area contributed by atoms with Crippen molar-refractivity contribution in [3.8, 4) is 5.75 Å². The predicted molar refractivity (Wildman–Crippen MR) is 51.1 cm³/mol. The average molecular weight is 247 g/mol. The molecule has 0 atom stereocenters. The topological polar surface area (TPSA) is 20.2 Å². The van der Waals surface area contributed by atoms with E-state index in [1.807, 2.05) is 5.38 Å². The van der Waals surface area contributed by atoms with Crippen LogP contribution >= 0.6 is 27.3 Å². The van der Waals surface area contributed by atoms with E-state index in [0.717, 1.165) is 9.86 Å². The Bertz CT molecular complexity index is 438. The van der Waals surface area contributed by atoms with E-state index >= 15 is 0 Å². The minimum atomic E-state index is -0.572. The van der Waals surface area contributed by atoms with E-state index in [9.17, 15) is 9.50 Å². The van der Waals surface area contributed by atoms with E-state index < -0.39 is 5.82 Å². The van der Waals surface area contributed by atoms with Crippen molar-refractivity contribution in [3.05, 3.63) is 27.8 Å². The van der Waals surface area contributed by atoms with E-state index in [4.69, 9.17) is 0 Å². The predicted octanol–water partition coefficient (Wildman–Crippen LogP) is 3.51. The van der Waals surface area contributed by atoms with Crippen LogP contribution in [0.25, 0.3) is 10.1 Å². The normalized spacial score (nSPS) is 10.8. The summed E-state index contributed by atoms with van der Waals surface area (Å²) in [5.74, 6) is -0.833. The van der Waals surface area contributed by atoms with Crippen LogP contribution in [0, 0.1) is 5.82 Å². The smallest absolute Gasteiger partial charge is 0.169 e. The number of thiophene rings is 1. The molecule has 0 amide bonds. The van der Waals surface area contributed by atoms with Crippen LogP contribution in [0.3, 0.4) is 0 Å². The lowest BCUT2D eigenvalue weighted by Crippen LogP contribution is -1.74. The summed E-state index contributed by atoms with van der Waals surface area (Å²) in [7, 11) is 0. The first-order valence-corrected chi connectivity index (χ1v) is 4.91. The summed E-state index contributed by atoms with van der Waals surface area (Å²) in [6.45, 7) is 0. The van der Waals surface area contributed by atoms with Gasteiger partial charge in [0.05, 0.1) is 4.70 Å². The van der Waals surface area contributed by atoms with Crippen molar-refractivity contribution in [1.82, 2.24) is 0 Å². The highest BCUT2D eigenvalue weighted by Crippen LogP contribution is 2.37. The fourth-order valence-corrected chi connectivity index (χ4v) is 2.63. The van der Waals surface area contributed by atoms with Gasteiger partial charge in [-0.15, -0.1) is 11.3 Å². The van der Waals surface area contributed by atoms with Gasteiger partial charge in [-0.1, -0.05) is 0 Å². The number of rotatable bonds is 0. The molecule has 0 spiro atoms. The van der Waals surface area contributed by atoms with Crippen molar-refractivity contribution in [2.24, 2.45) is 0 Å². The largest absolute Gasteiger partial charge is 0.504 e. The van der Waals surface area contributed by atoms with Crippen LogP contribution in [0.5, 0.6) is 5.75 Å². The molecule has 0 aliphatic heterocycles. The van der Waals surface area contributed by atoms with Gasteiger partial charge in [-0.25, -0.2) is 4.39 Å². The maximum atomic E-state index is 12.8. The van der Waals surface area contributed by atoms with Gasteiger partial charge >= 0.3 is 0 Å². The molecule has 0 aliphatic carbocycles. The third-order valence-corrected chi connectivity index (χ3v) is 3.58. The second-order valence-electron chi connectivity index (χ2n) is 2.36. The molecule has 62 valence electrons. The van der Waals surface area contributed by atoms with Gasteiger partial charge in [0.1, 0.15) is 0 Å². The van der Waals surface area contributed by atoms with Crippen molar-refractivity contribution in [1.29, 1.82) is 0 Å². The van der Waals surface area contributed by atoms with Gasteiger partial charge in [-0.05, 0) is 28.1 Å². The minimum absolute atomic E-state index is 0.261. The van der Waals surface area contributed by atoms with Gasteiger partial charge in [0.25, 0.3) is 0 Å². The van der Waals surface area contributed by atoms with Crippen LogP contribution in [0.15, 0.2) is 22.0 Å². The number of halogens is 2. The number of phenolic OH excluding ortho intramolecular Hbond substituents is 1. The third kappa shape index (κ3) is 1.03. The summed E-state index contributed by atoms with van der Waals surface area (Å²) in [4.78, 5) is 0. The van der Waals surface area contributed by atoms with Crippen molar-refractivity contribution in [3.63, 3.8) is 0 Å². The minimum Gasteiger partial charge on any atom is -0.504 e. The van der Waals surface area contributed by atoms with Gasteiger partial charge in [0, 0.05) is 15.2 Å². The molecule has 0 bridgehead atoms. The lowest BCUT2D eigenvalue weighted by Gasteiger charge is -1.95. The van der Waals surface area contributed by atoms with Crippen molar-refractivity contribution < 1.29 is 9.50 Å². The number of hydrogen-bond donors (Lipinski definition) is 1. The maximum absolute atomic E-state index is 12.8. The molecule has 0 aliphatic rings. The van der Waals surface area contributed by atoms with Crippen LogP contribution < -0.4 is 0 Å². The molecular formula is C8H4BrFOS. The monoisotopic (exact) mass is 246 g/mol. The molecule has 0 unspecified atom stereocenters. The van der Waals surface area contributed by atoms with Crippen molar-refractivity contribution in [2.75, 3.05) is 0 Å². The van der Waals surface area contributed by atoms with E-state index in [-0.39, 0.29) is 5.75 Å². The van der Waals surface area contributed by atoms with Gasteiger partial charge in [-0.3, -0.25) is 0 Å². The van der Waals surface area contributed by atoms with E-state index in [2.05, 4.69) is 15.9 Å². The molecule has 1 aromatic heterocycles. The zero-order valence-electron chi connectivity index (χ0n) is 5.84. The standard InChI is InChI=1S/C8H4BrFOS/c9-5-3-12-8-4(5)1-2-6(10)7(8)11/h1-3,11H. The SMILES string of the molecule is Oc1c(F)ccc2c(Br)csc12. The molecule has 12 heavy (non-hydrogen) atoms. The Morgan fingerprint density at radius 3 is 2.92 bits per heavy atom. The molecule has 4 heteroatoms. The lowest BCUT2D eigenvalue weighted by atomic mass is 10.2. The third-order valence-electron chi connectivity index (χ3n) is 1.62. The molecule has 1 heterocycles. The zero-order chi connectivity index (χ0) is 8.72. The summed E-state index contributed by atoms with van der Waals surface area (Å²) >= 11 is 4.62. The molecule has 0 saturated carbocycles. The van der Waals surface area contributed by atoms with Crippen molar-refractivity contribution in [2.45, 2.75) is 0 Å². The summed E-state index contributed by atoms with van der Waals surface area (Å²) < 4.78 is 14.3. The number of hydrogen-bond acceptors (Lipinski definition) is 2. The summed E-state index contributed by atoms with van der Waals surface area (Å²) in [5.41, 5.74) is 0. The first kappa shape index (κ1) is 8.01. The summed E-state index contributed by atoms with van der Waals surface area (Å²) in [6.07, 6.45) is 0. The van der Waals surface area contributed by atoms with Gasteiger partial charge in [0.15, 0.2) is 11.6 Å². The second kappa shape index (κ2) is 2.71. The molecule has 1 nitrogen and oxygen atoms in total. The van der Waals surface area contributed by atoms with Gasteiger partial charge in [-0.2, -0.15) is 0 Å². The van der Waals surface area contributed by atoms with E-state index in [0.29, 0.717) is 4.70 Å². The molecule has 1 aromatic carbocycles. The Morgan fingerprint density at radius 1 is 1.42 bits per heavy atom. The summed E-state index contributed by atoms with van der Waals surface area (Å²) in [5, 5.41) is 12.0.